The third-order valence-corrected chi connectivity index (χ3v) is 3.37. The van der Waals surface area contributed by atoms with E-state index in [9.17, 15) is 0 Å². The highest BCUT2D eigenvalue weighted by atomic mass is 13.9. The number of allylic oxidation sites excluding steroid dienone is 4. The Balaban J connectivity index is 3.04. The SMILES string of the molecule is CC=CCCCCCC=CCCCCCCCC. The van der Waals surface area contributed by atoms with E-state index in [1.54, 1.807) is 0 Å². The van der Waals surface area contributed by atoms with Gasteiger partial charge in [-0.15, -0.1) is 0 Å². The van der Waals surface area contributed by atoms with Crippen molar-refractivity contribution in [1.29, 1.82) is 0 Å². The van der Waals surface area contributed by atoms with Gasteiger partial charge in [-0.1, -0.05) is 69.8 Å². The molecule has 0 atom stereocenters. The predicted octanol–water partition coefficient (Wildman–Crippen LogP) is 6.82. The molecule has 0 spiro atoms. The summed E-state index contributed by atoms with van der Waals surface area (Å²) in [7, 11) is 0. The zero-order valence-electron chi connectivity index (χ0n) is 12.8. The molecule has 0 fully saturated rings. The van der Waals surface area contributed by atoms with Crippen molar-refractivity contribution in [3.8, 4) is 0 Å². The van der Waals surface area contributed by atoms with Gasteiger partial charge in [0.2, 0.25) is 0 Å². The van der Waals surface area contributed by atoms with Gasteiger partial charge in [0, 0.05) is 0 Å². The lowest BCUT2D eigenvalue weighted by molar-refractivity contribution is 0.610. The van der Waals surface area contributed by atoms with Gasteiger partial charge in [0.25, 0.3) is 0 Å². The van der Waals surface area contributed by atoms with E-state index in [1.807, 2.05) is 0 Å². The highest BCUT2D eigenvalue weighted by molar-refractivity contribution is 4.81. The van der Waals surface area contributed by atoms with E-state index in [0.29, 0.717) is 0 Å². The Hall–Kier alpha value is -0.520. The lowest BCUT2D eigenvalue weighted by atomic mass is 10.1. The summed E-state index contributed by atoms with van der Waals surface area (Å²) in [6.45, 7) is 4.38. The van der Waals surface area contributed by atoms with Gasteiger partial charge < -0.3 is 0 Å². The van der Waals surface area contributed by atoms with Crippen molar-refractivity contribution in [1.82, 2.24) is 0 Å². The molecule has 0 rings (SSSR count). The van der Waals surface area contributed by atoms with Crippen LogP contribution in [0.3, 0.4) is 0 Å². The monoisotopic (exact) mass is 250 g/mol. The molecule has 0 aromatic heterocycles. The van der Waals surface area contributed by atoms with Crippen molar-refractivity contribution >= 4 is 0 Å². The van der Waals surface area contributed by atoms with Crippen molar-refractivity contribution < 1.29 is 0 Å². The maximum Gasteiger partial charge on any atom is -0.0351 e. The average Bonchev–Trinajstić information content (AvgIpc) is 2.39. The topological polar surface area (TPSA) is 0 Å². The first-order valence-corrected chi connectivity index (χ1v) is 8.18. The third kappa shape index (κ3) is 15.5. The van der Waals surface area contributed by atoms with E-state index in [0.717, 1.165) is 0 Å². The van der Waals surface area contributed by atoms with Crippen molar-refractivity contribution in [2.75, 3.05) is 0 Å². The van der Waals surface area contributed by atoms with Crippen molar-refractivity contribution in [3.63, 3.8) is 0 Å². The van der Waals surface area contributed by atoms with Gasteiger partial charge >= 0.3 is 0 Å². The van der Waals surface area contributed by atoms with Crippen LogP contribution in [0.4, 0.5) is 0 Å². The predicted molar refractivity (Wildman–Crippen MR) is 85.0 cm³/mol. The van der Waals surface area contributed by atoms with Gasteiger partial charge in [-0.25, -0.2) is 0 Å². The first-order chi connectivity index (χ1) is 8.91. The zero-order valence-corrected chi connectivity index (χ0v) is 12.8. The van der Waals surface area contributed by atoms with E-state index < -0.39 is 0 Å². The van der Waals surface area contributed by atoms with Gasteiger partial charge in [-0.2, -0.15) is 0 Å². The van der Waals surface area contributed by atoms with Gasteiger partial charge in [-0.05, 0) is 45.4 Å². The fraction of sp³-hybridized carbons (Fsp3) is 0.778. The minimum absolute atomic E-state index is 1.26. The summed E-state index contributed by atoms with van der Waals surface area (Å²) >= 11 is 0. The second-order valence-corrected chi connectivity index (χ2v) is 5.23. The van der Waals surface area contributed by atoms with Crippen LogP contribution in [0.15, 0.2) is 24.3 Å². The van der Waals surface area contributed by atoms with E-state index in [4.69, 9.17) is 0 Å². The Morgan fingerprint density at radius 1 is 0.556 bits per heavy atom. The molecule has 0 saturated heterocycles. The van der Waals surface area contributed by atoms with E-state index in [2.05, 4.69) is 38.2 Å². The van der Waals surface area contributed by atoms with E-state index in [-0.39, 0.29) is 0 Å². The summed E-state index contributed by atoms with van der Waals surface area (Å²) in [5.74, 6) is 0. The summed E-state index contributed by atoms with van der Waals surface area (Å²) in [6.07, 6.45) is 25.6. The molecule has 0 saturated carbocycles. The Kier molecular flexibility index (Phi) is 16.0. The van der Waals surface area contributed by atoms with Crippen LogP contribution >= 0.6 is 0 Å². The molecule has 0 aliphatic heterocycles. The van der Waals surface area contributed by atoms with Crippen LogP contribution in [0.25, 0.3) is 0 Å². The maximum atomic E-state index is 2.39. The van der Waals surface area contributed by atoms with Gasteiger partial charge in [0.05, 0.1) is 0 Å². The Labute approximate surface area is 116 Å². The van der Waals surface area contributed by atoms with Crippen molar-refractivity contribution in [2.24, 2.45) is 0 Å². The molecule has 0 aromatic rings. The first-order valence-electron chi connectivity index (χ1n) is 8.18. The van der Waals surface area contributed by atoms with Crippen molar-refractivity contribution in [2.45, 2.75) is 90.9 Å². The molecule has 0 aliphatic rings. The van der Waals surface area contributed by atoms with Gasteiger partial charge in [-0.3, -0.25) is 0 Å². The Morgan fingerprint density at radius 3 is 1.56 bits per heavy atom. The van der Waals surface area contributed by atoms with Gasteiger partial charge in [0.15, 0.2) is 0 Å². The Morgan fingerprint density at radius 2 is 1.00 bits per heavy atom. The molecule has 0 N–H and O–H groups in total. The molecule has 106 valence electrons. The molecular weight excluding hydrogens is 216 g/mol. The van der Waals surface area contributed by atoms with Crippen molar-refractivity contribution in [3.05, 3.63) is 24.3 Å². The molecule has 0 aromatic carbocycles. The molecule has 0 radical (unpaired) electrons. The van der Waals surface area contributed by atoms with Crippen LogP contribution < -0.4 is 0 Å². The highest BCUT2D eigenvalue weighted by Crippen LogP contribution is 2.08. The molecule has 0 amide bonds. The van der Waals surface area contributed by atoms with Crippen LogP contribution in [0, 0.1) is 0 Å². The maximum absolute atomic E-state index is 2.39. The summed E-state index contributed by atoms with van der Waals surface area (Å²) < 4.78 is 0. The minimum atomic E-state index is 1.26. The molecular formula is C18H34. The molecule has 0 heterocycles. The lowest BCUT2D eigenvalue weighted by Crippen LogP contribution is -1.78. The Bertz CT molecular complexity index is 188. The van der Waals surface area contributed by atoms with Crippen LogP contribution in [0.1, 0.15) is 90.9 Å². The standard InChI is InChI=1S/C18H34/c1-3-5-7-9-11-13-15-17-18-16-14-12-10-8-6-4-2/h3,5,17-18H,4,6-16H2,1-2H3. The normalized spacial score (nSPS) is 11.9. The van der Waals surface area contributed by atoms with Crippen LogP contribution in [-0.4, -0.2) is 0 Å². The fourth-order valence-electron chi connectivity index (χ4n) is 2.15. The molecule has 0 aliphatic carbocycles. The first kappa shape index (κ1) is 17.5. The summed E-state index contributed by atoms with van der Waals surface area (Å²) in [4.78, 5) is 0. The van der Waals surface area contributed by atoms with Crippen LogP contribution in [0.5, 0.6) is 0 Å². The highest BCUT2D eigenvalue weighted by Gasteiger charge is 1.88. The quantitative estimate of drug-likeness (QED) is 0.248. The average molecular weight is 250 g/mol. The molecule has 0 unspecified atom stereocenters. The smallest absolute Gasteiger partial charge is 0.0351 e. The minimum Gasteiger partial charge on any atom is -0.0917 e. The number of hydrogen-bond donors (Lipinski definition) is 0. The summed E-state index contributed by atoms with van der Waals surface area (Å²) in [5.41, 5.74) is 0. The molecule has 0 heteroatoms. The molecule has 0 nitrogen and oxygen atoms in total. The fourth-order valence-corrected chi connectivity index (χ4v) is 2.15. The number of rotatable bonds is 13. The second-order valence-electron chi connectivity index (χ2n) is 5.23. The second kappa shape index (κ2) is 16.5. The van der Waals surface area contributed by atoms with E-state index in [1.165, 1.54) is 77.0 Å². The van der Waals surface area contributed by atoms with Crippen LogP contribution in [-0.2, 0) is 0 Å². The largest absolute Gasteiger partial charge is 0.0917 e. The lowest BCUT2D eigenvalue weighted by Gasteiger charge is -1.98. The number of unbranched alkanes of at least 4 members (excludes halogenated alkanes) is 10. The summed E-state index contributed by atoms with van der Waals surface area (Å²) in [5, 5.41) is 0. The van der Waals surface area contributed by atoms with Gasteiger partial charge in [0.1, 0.15) is 0 Å². The number of hydrogen-bond acceptors (Lipinski definition) is 0. The molecule has 0 bridgehead atoms. The van der Waals surface area contributed by atoms with Crippen LogP contribution in [0.2, 0.25) is 0 Å². The molecule has 18 heavy (non-hydrogen) atoms. The third-order valence-electron chi connectivity index (χ3n) is 3.37. The van der Waals surface area contributed by atoms with E-state index >= 15 is 0 Å². The zero-order chi connectivity index (χ0) is 13.3. The summed E-state index contributed by atoms with van der Waals surface area (Å²) in [6, 6.07) is 0.